The molecule has 0 radical (unpaired) electrons. The number of H-pyrrole nitrogens is 1. The third-order valence-electron chi connectivity index (χ3n) is 4.02. The van der Waals surface area contributed by atoms with Crippen molar-refractivity contribution in [1.82, 2.24) is 9.97 Å². The summed E-state index contributed by atoms with van der Waals surface area (Å²) in [6, 6.07) is 8.55. The molecular formula is C15H12N4+2. The average molecular weight is 248 g/mol. The standard InChI is InChI=1S/C15H11N4/c1-9-16-12-10-4-2-6-18-8-19-7-3-5-11(13(12)17-9)15(19)14(10)18/h2-7H,8H2,1H3/q+1/p+1. The van der Waals surface area contributed by atoms with Crippen LogP contribution in [0.25, 0.3) is 32.8 Å². The Morgan fingerprint density at radius 2 is 1.74 bits per heavy atom. The number of rotatable bonds is 0. The van der Waals surface area contributed by atoms with E-state index in [-0.39, 0.29) is 0 Å². The molecule has 4 aromatic rings. The zero-order chi connectivity index (χ0) is 12.6. The lowest BCUT2D eigenvalue weighted by Gasteiger charge is -1.95. The SMILES string of the molecule is Cc1nc2c3ccc[n+]4c3c3c(ccc[n+]3C4)c2[nH]1. The maximum Gasteiger partial charge on any atom is 0.345 e. The van der Waals surface area contributed by atoms with Crippen molar-refractivity contribution in [3.8, 4) is 0 Å². The Bertz CT molecular complexity index is 919. The van der Waals surface area contributed by atoms with Gasteiger partial charge in [-0.2, -0.15) is 0 Å². The molecule has 0 atom stereocenters. The summed E-state index contributed by atoms with van der Waals surface area (Å²) < 4.78 is 4.59. The van der Waals surface area contributed by atoms with Crippen molar-refractivity contribution in [2.24, 2.45) is 0 Å². The highest BCUT2D eigenvalue weighted by Gasteiger charge is 2.33. The van der Waals surface area contributed by atoms with E-state index >= 15 is 0 Å². The maximum atomic E-state index is 4.68. The van der Waals surface area contributed by atoms with Gasteiger partial charge in [0.2, 0.25) is 0 Å². The molecule has 0 fully saturated rings. The Morgan fingerprint density at radius 3 is 2.53 bits per heavy atom. The van der Waals surface area contributed by atoms with E-state index in [2.05, 4.69) is 55.8 Å². The van der Waals surface area contributed by atoms with Crippen LogP contribution in [0.15, 0.2) is 36.7 Å². The fraction of sp³-hybridized carbons (Fsp3) is 0.133. The van der Waals surface area contributed by atoms with Crippen LogP contribution in [0.4, 0.5) is 0 Å². The fourth-order valence-corrected chi connectivity index (χ4v) is 3.30. The van der Waals surface area contributed by atoms with E-state index in [1.807, 2.05) is 6.92 Å². The molecule has 0 unspecified atom stereocenters. The third-order valence-corrected chi connectivity index (χ3v) is 4.02. The molecule has 0 amide bonds. The summed E-state index contributed by atoms with van der Waals surface area (Å²) in [5.74, 6) is 0.968. The predicted molar refractivity (Wildman–Crippen MR) is 71.6 cm³/mol. The number of aryl methyl sites for hydroxylation is 1. The number of hydrogen-bond donors (Lipinski definition) is 1. The van der Waals surface area contributed by atoms with Gasteiger partial charge in [0.25, 0.3) is 11.0 Å². The van der Waals surface area contributed by atoms with E-state index in [0.717, 1.165) is 23.5 Å². The largest absolute Gasteiger partial charge is 0.345 e. The van der Waals surface area contributed by atoms with E-state index in [1.54, 1.807) is 0 Å². The Kier molecular flexibility index (Phi) is 1.45. The molecule has 19 heavy (non-hydrogen) atoms. The molecule has 4 nitrogen and oxygen atoms in total. The summed E-state index contributed by atoms with van der Waals surface area (Å²) in [4.78, 5) is 8.09. The number of aromatic amines is 1. The number of imidazole rings is 1. The van der Waals surface area contributed by atoms with Crippen LogP contribution in [0.2, 0.25) is 0 Å². The van der Waals surface area contributed by atoms with Crippen molar-refractivity contribution in [2.75, 3.05) is 0 Å². The first-order valence-electron chi connectivity index (χ1n) is 6.45. The summed E-state index contributed by atoms with van der Waals surface area (Å²) in [6.45, 7) is 2.90. The second-order valence-corrected chi connectivity index (χ2v) is 5.17. The molecule has 0 aliphatic carbocycles. The molecule has 5 rings (SSSR count). The van der Waals surface area contributed by atoms with Gasteiger partial charge in [-0.25, -0.2) is 4.98 Å². The topological polar surface area (TPSA) is 36.4 Å². The van der Waals surface area contributed by atoms with Gasteiger partial charge in [0.15, 0.2) is 12.4 Å². The van der Waals surface area contributed by atoms with Crippen LogP contribution >= 0.6 is 0 Å². The Morgan fingerprint density at radius 1 is 1.05 bits per heavy atom. The fourth-order valence-electron chi connectivity index (χ4n) is 3.30. The highest BCUT2D eigenvalue weighted by molar-refractivity contribution is 6.18. The Balaban J connectivity index is 2.27. The molecule has 0 saturated carbocycles. The number of aromatic nitrogens is 4. The number of benzene rings is 1. The summed E-state index contributed by atoms with van der Waals surface area (Å²) in [6.07, 6.45) is 4.28. The van der Waals surface area contributed by atoms with E-state index in [4.69, 9.17) is 0 Å². The minimum atomic E-state index is 0.885. The molecular weight excluding hydrogens is 236 g/mol. The summed E-state index contributed by atoms with van der Waals surface area (Å²) in [5.41, 5.74) is 4.81. The van der Waals surface area contributed by atoms with E-state index in [0.29, 0.717) is 0 Å². The highest BCUT2D eigenvalue weighted by Crippen LogP contribution is 2.31. The number of pyridine rings is 2. The minimum Gasteiger partial charge on any atom is -0.341 e. The molecule has 4 heterocycles. The van der Waals surface area contributed by atoms with Crippen LogP contribution in [-0.4, -0.2) is 9.97 Å². The molecule has 4 heteroatoms. The van der Waals surface area contributed by atoms with Gasteiger partial charge in [-0.05, 0) is 19.1 Å². The van der Waals surface area contributed by atoms with E-state index in [9.17, 15) is 0 Å². The van der Waals surface area contributed by atoms with Crippen LogP contribution in [0.5, 0.6) is 0 Å². The first kappa shape index (κ1) is 9.44. The molecule has 1 aliphatic heterocycles. The lowest BCUT2D eigenvalue weighted by Crippen LogP contribution is -2.45. The average Bonchev–Trinajstić information content (AvgIpc) is 2.98. The Hall–Kier alpha value is -2.49. The van der Waals surface area contributed by atoms with E-state index in [1.165, 1.54) is 21.8 Å². The van der Waals surface area contributed by atoms with Crippen LogP contribution in [0.1, 0.15) is 5.82 Å². The zero-order valence-electron chi connectivity index (χ0n) is 10.5. The van der Waals surface area contributed by atoms with Crippen molar-refractivity contribution >= 4 is 32.8 Å². The van der Waals surface area contributed by atoms with Gasteiger partial charge >= 0.3 is 6.67 Å². The maximum absolute atomic E-state index is 4.68. The van der Waals surface area contributed by atoms with Crippen LogP contribution < -0.4 is 9.13 Å². The summed E-state index contributed by atoms with van der Waals surface area (Å²) >= 11 is 0. The molecule has 1 N–H and O–H groups in total. The van der Waals surface area contributed by atoms with Crippen molar-refractivity contribution in [3.05, 3.63) is 42.5 Å². The van der Waals surface area contributed by atoms with Gasteiger partial charge in [-0.3, -0.25) is 0 Å². The number of nitrogens with one attached hydrogen (secondary N) is 1. The molecule has 3 aromatic heterocycles. The van der Waals surface area contributed by atoms with Gasteiger partial charge in [0, 0.05) is 12.1 Å². The summed E-state index contributed by atoms with van der Waals surface area (Å²) in [7, 11) is 0. The van der Waals surface area contributed by atoms with Crippen molar-refractivity contribution in [1.29, 1.82) is 0 Å². The van der Waals surface area contributed by atoms with Gasteiger partial charge < -0.3 is 4.98 Å². The molecule has 1 aliphatic rings. The van der Waals surface area contributed by atoms with Gasteiger partial charge in [-0.1, -0.05) is 0 Å². The second-order valence-electron chi connectivity index (χ2n) is 5.17. The molecule has 0 spiro atoms. The molecule has 0 saturated heterocycles. The smallest absolute Gasteiger partial charge is 0.341 e. The lowest BCUT2D eigenvalue weighted by atomic mass is 10.1. The minimum absolute atomic E-state index is 0.885. The normalized spacial score (nSPS) is 13.3. The predicted octanol–water partition coefficient (Wildman–Crippen LogP) is 1.57. The highest BCUT2D eigenvalue weighted by atomic mass is 15.2. The second kappa shape index (κ2) is 2.91. The van der Waals surface area contributed by atoms with Gasteiger partial charge in [-0.15, -0.1) is 9.13 Å². The van der Waals surface area contributed by atoms with Gasteiger partial charge in [0.1, 0.15) is 11.3 Å². The van der Waals surface area contributed by atoms with E-state index < -0.39 is 0 Å². The van der Waals surface area contributed by atoms with Gasteiger partial charge in [0.05, 0.1) is 16.3 Å². The number of fused-ring (bicyclic) bond motifs is 3. The lowest BCUT2D eigenvalue weighted by molar-refractivity contribution is -0.872. The number of hydrogen-bond acceptors (Lipinski definition) is 1. The molecule has 1 aromatic carbocycles. The van der Waals surface area contributed by atoms with Crippen LogP contribution in [-0.2, 0) is 6.67 Å². The third kappa shape index (κ3) is 0.989. The quantitative estimate of drug-likeness (QED) is 0.328. The summed E-state index contributed by atoms with van der Waals surface area (Å²) in [5, 5.41) is 2.48. The van der Waals surface area contributed by atoms with Crippen LogP contribution in [0, 0.1) is 6.92 Å². The molecule has 0 bridgehead atoms. The Labute approximate surface area is 108 Å². The van der Waals surface area contributed by atoms with Crippen molar-refractivity contribution < 1.29 is 9.13 Å². The van der Waals surface area contributed by atoms with Crippen molar-refractivity contribution in [2.45, 2.75) is 13.6 Å². The number of nitrogens with zero attached hydrogens (tertiary/aromatic N) is 3. The zero-order valence-corrected chi connectivity index (χ0v) is 10.5. The monoisotopic (exact) mass is 248 g/mol. The molecule has 90 valence electrons. The van der Waals surface area contributed by atoms with Crippen LogP contribution in [0.3, 0.4) is 0 Å². The first-order valence-corrected chi connectivity index (χ1v) is 6.45. The first-order chi connectivity index (χ1) is 9.33. The van der Waals surface area contributed by atoms with Crippen molar-refractivity contribution in [3.63, 3.8) is 0 Å².